The van der Waals surface area contributed by atoms with Gasteiger partial charge < -0.3 is 15.2 Å². The smallest absolute Gasteiger partial charge is 0.422 e. The van der Waals surface area contributed by atoms with E-state index in [1.54, 1.807) is 13.8 Å². The molecule has 100 valence electrons. The highest BCUT2D eigenvalue weighted by Crippen LogP contribution is 2.14. The zero-order valence-corrected chi connectivity index (χ0v) is 9.37. The van der Waals surface area contributed by atoms with Gasteiger partial charge >= 0.3 is 18.2 Å². The van der Waals surface area contributed by atoms with Crippen LogP contribution in [0.2, 0.25) is 0 Å². The summed E-state index contributed by atoms with van der Waals surface area (Å²) in [5, 5.41) is 10.7. The predicted molar refractivity (Wildman–Crippen MR) is 51.4 cm³/mol. The minimum atomic E-state index is -4.60. The second-order valence-corrected chi connectivity index (χ2v) is 3.76. The molecule has 0 rings (SSSR count). The highest BCUT2D eigenvalue weighted by molar-refractivity contribution is 5.72. The number of ether oxygens (including phenoxy) is 1. The lowest BCUT2D eigenvalue weighted by Gasteiger charge is -2.16. The minimum Gasteiger partial charge on any atom is -0.481 e. The first-order valence-corrected chi connectivity index (χ1v) is 4.83. The van der Waals surface area contributed by atoms with E-state index in [1.807, 2.05) is 5.32 Å². The van der Waals surface area contributed by atoms with Gasteiger partial charge in [-0.05, 0) is 5.92 Å². The van der Waals surface area contributed by atoms with Crippen molar-refractivity contribution in [2.75, 3.05) is 13.2 Å². The molecule has 0 heterocycles. The number of nitrogens with one attached hydrogen (secondary N) is 1. The van der Waals surface area contributed by atoms with Crippen molar-refractivity contribution in [2.45, 2.75) is 20.0 Å². The Kier molecular flexibility index (Phi) is 5.77. The van der Waals surface area contributed by atoms with Gasteiger partial charge in [0.2, 0.25) is 0 Å². The molecule has 0 aromatic heterocycles. The topological polar surface area (TPSA) is 75.6 Å². The van der Waals surface area contributed by atoms with E-state index < -0.39 is 30.8 Å². The van der Waals surface area contributed by atoms with Crippen LogP contribution in [0, 0.1) is 11.8 Å². The van der Waals surface area contributed by atoms with Crippen LogP contribution in [-0.4, -0.2) is 36.5 Å². The van der Waals surface area contributed by atoms with E-state index in [0.717, 1.165) is 0 Å². The van der Waals surface area contributed by atoms with Gasteiger partial charge in [0.15, 0.2) is 6.61 Å². The molecule has 0 saturated carbocycles. The van der Waals surface area contributed by atoms with Crippen LogP contribution < -0.4 is 5.32 Å². The molecule has 0 aliphatic rings. The molecule has 0 aromatic rings. The molecule has 0 aliphatic heterocycles. The quantitative estimate of drug-likeness (QED) is 0.784. The van der Waals surface area contributed by atoms with Crippen molar-refractivity contribution in [2.24, 2.45) is 11.8 Å². The van der Waals surface area contributed by atoms with Crippen molar-refractivity contribution < 1.29 is 32.6 Å². The van der Waals surface area contributed by atoms with E-state index in [4.69, 9.17) is 5.11 Å². The predicted octanol–water partition coefficient (Wildman–Crippen LogP) is 1.63. The number of carboxylic acids is 1. The first kappa shape index (κ1) is 15.5. The second kappa shape index (κ2) is 6.31. The highest BCUT2D eigenvalue weighted by Gasteiger charge is 2.30. The van der Waals surface area contributed by atoms with Crippen molar-refractivity contribution in [1.29, 1.82) is 0 Å². The van der Waals surface area contributed by atoms with Crippen LogP contribution in [0.25, 0.3) is 0 Å². The van der Waals surface area contributed by atoms with E-state index in [2.05, 4.69) is 4.74 Å². The number of alkyl halides is 3. The third-order valence-electron chi connectivity index (χ3n) is 1.96. The van der Waals surface area contributed by atoms with Crippen molar-refractivity contribution in [1.82, 2.24) is 5.32 Å². The van der Waals surface area contributed by atoms with Crippen LogP contribution in [0.5, 0.6) is 0 Å². The number of amides is 1. The molecule has 1 amide bonds. The standard InChI is InChI=1S/C9H14F3NO4/c1-5(2)6(7(14)15)3-13-8(16)17-4-9(10,11)12/h5-6H,3-4H2,1-2H3,(H,13,16)(H,14,15). The van der Waals surface area contributed by atoms with Crippen LogP contribution in [0.3, 0.4) is 0 Å². The van der Waals surface area contributed by atoms with Gasteiger partial charge in [-0.2, -0.15) is 13.2 Å². The highest BCUT2D eigenvalue weighted by atomic mass is 19.4. The monoisotopic (exact) mass is 257 g/mol. The normalized spacial score (nSPS) is 13.3. The van der Waals surface area contributed by atoms with Gasteiger partial charge in [-0.15, -0.1) is 0 Å². The Morgan fingerprint density at radius 1 is 1.35 bits per heavy atom. The Morgan fingerprint density at radius 2 is 1.88 bits per heavy atom. The largest absolute Gasteiger partial charge is 0.481 e. The fraction of sp³-hybridized carbons (Fsp3) is 0.778. The summed E-state index contributed by atoms with van der Waals surface area (Å²) in [7, 11) is 0. The summed E-state index contributed by atoms with van der Waals surface area (Å²) < 4.78 is 38.9. The number of carboxylic acid groups (broad SMARTS) is 1. The molecular formula is C9H14F3NO4. The van der Waals surface area contributed by atoms with Crippen LogP contribution in [0.4, 0.5) is 18.0 Å². The number of rotatable bonds is 5. The lowest BCUT2D eigenvalue weighted by molar-refractivity contribution is -0.160. The average molecular weight is 257 g/mol. The number of aliphatic carboxylic acids is 1. The van der Waals surface area contributed by atoms with E-state index >= 15 is 0 Å². The third-order valence-corrected chi connectivity index (χ3v) is 1.96. The fourth-order valence-electron chi connectivity index (χ4n) is 1.000. The van der Waals surface area contributed by atoms with Gasteiger partial charge in [0.25, 0.3) is 0 Å². The fourth-order valence-corrected chi connectivity index (χ4v) is 1.000. The van der Waals surface area contributed by atoms with Crippen molar-refractivity contribution in [3.05, 3.63) is 0 Å². The summed E-state index contributed by atoms with van der Waals surface area (Å²) in [6.07, 6.45) is -5.88. The maximum Gasteiger partial charge on any atom is 0.422 e. The number of carbonyl (C=O) groups is 2. The van der Waals surface area contributed by atoms with Crippen LogP contribution >= 0.6 is 0 Å². The number of hydrogen-bond acceptors (Lipinski definition) is 3. The van der Waals surface area contributed by atoms with E-state index in [0.29, 0.717) is 0 Å². The summed E-state index contributed by atoms with van der Waals surface area (Å²) in [5.41, 5.74) is 0. The van der Waals surface area contributed by atoms with Gasteiger partial charge in [-0.3, -0.25) is 4.79 Å². The number of alkyl carbamates (subject to hydrolysis) is 1. The zero-order chi connectivity index (χ0) is 13.6. The first-order chi connectivity index (χ1) is 7.63. The maximum absolute atomic E-state index is 11.7. The lowest BCUT2D eigenvalue weighted by atomic mass is 9.96. The van der Waals surface area contributed by atoms with Gasteiger partial charge in [0.05, 0.1) is 5.92 Å². The zero-order valence-electron chi connectivity index (χ0n) is 9.37. The molecule has 1 unspecified atom stereocenters. The SMILES string of the molecule is CC(C)C(CNC(=O)OCC(F)(F)F)C(=O)O. The molecule has 0 spiro atoms. The third kappa shape index (κ3) is 7.42. The molecule has 0 aliphatic carbocycles. The van der Waals surface area contributed by atoms with Crippen LogP contribution in [-0.2, 0) is 9.53 Å². The molecule has 0 radical (unpaired) electrons. The maximum atomic E-state index is 11.7. The van der Waals surface area contributed by atoms with E-state index in [-0.39, 0.29) is 12.5 Å². The number of halogens is 3. The molecule has 0 fully saturated rings. The van der Waals surface area contributed by atoms with Crippen molar-refractivity contribution in [3.63, 3.8) is 0 Å². The Morgan fingerprint density at radius 3 is 2.24 bits per heavy atom. The molecule has 2 N–H and O–H groups in total. The van der Waals surface area contributed by atoms with Gasteiger partial charge in [-0.25, -0.2) is 4.79 Å². The van der Waals surface area contributed by atoms with E-state index in [1.165, 1.54) is 0 Å². The van der Waals surface area contributed by atoms with E-state index in [9.17, 15) is 22.8 Å². The summed E-state index contributed by atoms with van der Waals surface area (Å²) >= 11 is 0. The van der Waals surface area contributed by atoms with Crippen LogP contribution in [0.15, 0.2) is 0 Å². The summed E-state index contributed by atoms with van der Waals surface area (Å²) in [4.78, 5) is 21.5. The molecule has 0 bridgehead atoms. The summed E-state index contributed by atoms with van der Waals surface area (Å²) in [5.74, 6) is -2.25. The van der Waals surface area contributed by atoms with Crippen molar-refractivity contribution in [3.8, 4) is 0 Å². The molecule has 17 heavy (non-hydrogen) atoms. The summed E-state index contributed by atoms with van der Waals surface area (Å²) in [6, 6.07) is 0. The lowest BCUT2D eigenvalue weighted by Crippen LogP contribution is -2.37. The van der Waals surface area contributed by atoms with Gasteiger partial charge in [0, 0.05) is 6.54 Å². The number of hydrogen-bond donors (Lipinski definition) is 2. The second-order valence-electron chi connectivity index (χ2n) is 3.76. The van der Waals surface area contributed by atoms with Crippen LogP contribution in [0.1, 0.15) is 13.8 Å². The Labute approximate surface area is 95.9 Å². The first-order valence-electron chi connectivity index (χ1n) is 4.83. The average Bonchev–Trinajstić information content (AvgIpc) is 2.12. The number of carbonyl (C=O) groups excluding carboxylic acids is 1. The van der Waals surface area contributed by atoms with Gasteiger partial charge in [-0.1, -0.05) is 13.8 Å². The molecular weight excluding hydrogens is 243 g/mol. The Balaban J connectivity index is 4.02. The molecule has 5 nitrogen and oxygen atoms in total. The molecule has 0 saturated heterocycles. The Hall–Kier alpha value is -1.47. The van der Waals surface area contributed by atoms with Crippen molar-refractivity contribution >= 4 is 12.1 Å². The van der Waals surface area contributed by atoms with Gasteiger partial charge in [0.1, 0.15) is 0 Å². The Bertz CT molecular complexity index is 278. The molecule has 0 aromatic carbocycles. The summed E-state index contributed by atoms with van der Waals surface area (Å²) in [6.45, 7) is 1.28. The molecule has 1 atom stereocenters. The minimum absolute atomic E-state index is 0.254. The molecule has 8 heteroatoms.